The number of aliphatic hydroxyl groups is 1. The molecule has 0 saturated carbocycles. The van der Waals surface area contributed by atoms with Crippen LogP contribution in [0.15, 0.2) is 16.6 Å². The molecule has 0 radical (unpaired) electrons. The van der Waals surface area contributed by atoms with E-state index in [-0.39, 0.29) is 12.4 Å². The van der Waals surface area contributed by atoms with Crippen LogP contribution in [0.4, 0.5) is 4.39 Å². The number of rotatable bonds is 3. The lowest BCUT2D eigenvalue weighted by Gasteiger charge is -2.14. The summed E-state index contributed by atoms with van der Waals surface area (Å²) in [6.07, 6.45) is 0. The van der Waals surface area contributed by atoms with Crippen molar-refractivity contribution in [2.45, 2.75) is 6.04 Å². The SMILES string of the molecule is COc1c(F)cc(Br)cc1C(N)CO. The van der Waals surface area contributed by atoms with Gasteiger partial charge in [0.05, 0.1) is 19.8 Å². The molecule has 3 nitrogen and oxygen atoms in total. The lowest BCUT2D eigenvalue weighted by atomic mass is 10.1. The van der Waals surface area contributed by atoms with Crippen LogP contribution in [0.3, 0.4) is 0 Å². The van der Waals surface area contributed by atoms with E-state index in [1.807, 2.05) is 0 Å². The van der Waals surface area contributed by atoms with Crippen molar-refractivity contribution in [3.8, 4) is 5.75 Å². The quantitative estimate of drug-likeness (QED) is 0.871. The summed E-state index contributed by atoms with van der Waals surface area (Å²) in [4.78, 5) is 0. The first kappa shape index (κ1) is 11.4. The van der Waals surface area contributed by atoms with Crippen molar-refractivity contribution >= 4 is 15.9 Å². The summed E-state index contributed by atoms with van der Waals surface area (Å²) >= 11 is 3.14. The standard InChI is InChI=1S/C9H11BrFNO2/c1-14-9-6(8(12)4-13)2-5(10)3-7(9)11/h2-3,8,13H,4,12H2,1H3. The van der Waals surface area contributed by atoms with Crippen molar-refractivity contribution < 1.29 is 14.2 Å². The second-order valence-electron chi connectivity index (χ2n) is 2.80. The topological polar surface area (TPSA) is 55.5 Å². The summed E-state index contributed by atoms with van der Waals surface area (Å²) < 4.78 is 18.7. The summed E-state index contributed by atoms with van der Waals surface area (Å²) in [5.41, 5.74) is 6.04. The van der Waals surface area contributed by atoms with Crippen LogP contribution < -0.4 is 10.5 Å². The average molecular weight is 264 g/mol. The van der Waals surface area contributed by atoms with Crippen LogP contribution in [0, 0.1) is 5.82 Å². The van der Waals surface area contributed by atoms with Crippen LogP contribution >= 0.6 is 15.9 Å². The zero-order chi connectivity index (χ0) is 10.7. The predicted octanol–water partition coefficient (Wildman–Crippen LogP) is 1.59. The minimum Gasteiger partial charge on any atom is -0.493 e. The molecule has 5 heteroatoms. The Hall–Kier alpha value is -0.650. The molecule has 0 spiro atoms. The molecule has 1 aromatic rings. The van der Waals surface area contributed by atoms with Gasteiger partial charge in [-0.25, -0.2) is 4.39 Å². The molecule has 0 aliphatic carbocycles. The van der Waals surface area contributed by atoms with E-state index in [1.54, 1.807) is 6.07 Å². The fourth-order valence-corrected chi connectivity index (χ4v) is 1.62. The van der Waals surface area contributed by atoms with Gasteiger partial charge < -0.3 is 15.6 Å². The Balaban J connectivity index is 3.24. The molecule has 1 atom stereocenters. The highest BCUT2D eigenvalue weighted by Gasteiger charge is 2.16. The van der Waals surface area contributed by atoms with Gasteiger partial charge in [0.25, 0.3) is 0 Å². The highest BCUT2D eigenvalue weighted by Crippen LogP contribution is 2.30. The largest absolute Gasteiger partial charge is 0.493 e. The summed E-state index contributed by atoms with van der Waals surface area (Å²) in [5, 5.41) is 8.87. The molecule has 0 heterocycles. The molecule has 0 saturated heterocycles. The van der Waals surface area contributed by atoms with Crippen LogP contribution in [-0.4, -0.2) is 18.8 Å². The number of methoxy groups -OCH3 is 1. The van der Waals surface area contributed by atoms with Crippen molar-refractivity contribution in [1.82, 2.24) is 0 Å². The molecule has 14 heavy (non-hydrogen) atoms. The van der Waals surface area contributed by atoms with Gasteiger partial charge in [0.1, 0.15) is 0 Å². The van der Waals surface area contributed by atoms with Crippen LogP contribution in [0.25, 0.3) is 0 Å². The monoisotopic (exact) mass is 263 g/mol. The molecule has 0 bridgehead atoms. The van der Waals surface area contributed by atoms with Gasteiger partial charge in [0.15, 0.2) is 11.6 Å². The number of hydrogen-bond donors (Lipinski definition) is 2. The summed E-state index contributed by atoms with van der Waals surface area (Å²) in [6, 6.07) is 2.27. The van der Waals surface area contributed by atoms with Crippen LogP contribution in [0.1, 0.15) is 11.6 Å². The van der Waals surface area contributed by atoms with Gasteiger partial charge in [0, 0.05) is 10.0 Å². The van der Waals surface area contributed by atoms with Gasteiger partial charge in [-0.2, -0.15) is 0 Å². The molecule has 1 aromatic carbocycles. The molecule has 0 fully saturated rings. The third-order valence-electron chi connectivity index (χ3n) is 1.84. The first-order valence-electron chi connectivity index (χ1n) is 3.99. The Kier molecular flexibility index (Phi) is 3.86. The van der Waals surface area contributed by atoms with Crippen molar-refractivity contribution in [2.24, 2.45) is 5.73 Å². The fraction of sp³-hybridized carbons (Fsp3) is 0.333. The number of benzene rings is 1. The first-order valence-corrected chi connectivity index (χ1v) is 4.78. The smallest absolute Gasteiger partial charge is 0.166 e. The zero-order valence-corrected chi connectivity index (χ0v) is 9.21. The third-order valence-corrected chi connectivity index (χ3v) is 2.30. The molecule has 0 aromatic heterocycles. The van der Waals surface area contributed by atoms with Gasteiger partial charge in [-0.3, -0.25) is 0 Å². The minimum absolute atomic E-state index is 0.0785. The molecule has 78 valence electrons. The predicted molar refractivity (Wildman–Crippen MR) is 54.7 cm³/mol. The molecule has 0 aliphatic heterocycles. The van der Waals surface area contributed by atoms with E-state index in [9.17, 15) is 4.39 Å². The van der Waals surface area contributed by atoms with Gasteiger partial charge in [-0.1, -0.05) is 15.9 Å². The Bertz CT molecular complexity index is 333. The van der Waals surface area contributed by atoms with Crippen molar-refractivity contribution in [3.63, 3.8) is 0 Å². The molecule has 1 unspecified atom stereocenters. The maximum absolute atomic E-state index is 13.3. The van der Waals surface area contributed by atoms with Gasteiger partial charge >= 0.3 is 0 Å². The van der Waals surface area contributed by atoms with E-state index in [4.69, 9.17) is 15.6 Å². The maximum atomic E-state index is 13.3. The van der Waals surface area contributed by atoms with E-state index >= 15 is 0 Å². The van der Waals surface area contributed by atoms with E-state index in [2.05, 4.69) is 15.9 Å². The van der Waals surface area contributed by atoms with E-state index in [0.29, 0.717) is 10.0 Å². The van der Waals surface area contributed by atoms with Crippen LogP contribution in [0.2, 0.25) is 0 Å². The van der Waals surface area contributed by atoms with Crippen molar-refractivity contribution in [3.05, 3.63) is 28.0 Å². The molecular weight excluding hydrogens is 253 g/mol. The van der Waals surface area contributed by atoms with Gasteiger partial charge in [-0.05, 0) is 12.1 Å². The Morgan fingerprint density at radius 2 is 2.29 bits per heavy atom. The molecular formula is C9H11BrFNO2. The molecule has 0 aliphatic rings. The fourth-order valence-electron chi connectivity index (χ4n) is 1.17. The lowest BCUT2D eigenvalue weighted by Crippen LogP contribution is -2.16. The van der Waals surface area contributed by atoms with Gasteiger partial charge in [-0.15, -0.1) is 0 Å². The Morgan fingerprint density at radius 3 is 2.79 bits per heavy atom. The van der Waals surface area contributed by atoms with Crippen LogP contribution in [0.5, 0.6) is 5.75 Å². The van der Waals surface area contributed by atoms with Crippen molar-refractivity contribution in [1.29, 1.82) is 0 Å². The second-order valence-corrected chi connectivity index (χ2v) is 3.71. The Labute approximate surface area is 89.8 Å². The molecule has 0 amide bonds. The van der Waals surface area contributed by atoms with E-state index in [0.717, 1.165) is 0 Å². The summed E-state index contributed by atoms with van der Waals surface area (Å²) in [7, 11) is 1.36. The summed E-state index contributed by atoms with van der Waals surface area (Å²) in [6.45, 7) is -0.258. The second kappa shape index (κ2) is 4.72. The van der Waals surface area contributed by atoms with E-state index < -0.39 is 11.9 Å². The van der Waals surface area contributed by atoms with Crippen molar-refractivity contribution in [2.75, 3.05) is 13.7 Å². The Morgan fingerprint density at radius 1 is 1.64 bits per heavy atom. The highest BCUT2D eigenvalue weighted by atomic mass is 79.9. The van der Waals surface area contributed by atoms with Crippen LogP contribution in [-0.2, 0) is 0 Å². The number of aliphatic hydroxyl groups excluding tert-OH is 1. The first-order chi connectivity index (χ1) is 6.60. The third kappa shape index (κ3) is 2.23. The zero-order valence-electron chi connectivity index (χ0n) is 7.63. The number of halogens is 2. The van der Waals surface area contributed by atoms with E-state index in [1.165, 1.54) is 13.2 Å². The number of ether oxygens (including phenoxy) is 1. The van der Waals surface area contributed by atoms with Gasteiger partial charge in [0.2, 0.25) is 0 Å². The summed E-state index contributed by atoms with van der Waals surface area (Å²) in [5.74, 6) is -0.421. The number of nitrogens with two attached hydrogens (primary N) is 1. The number of hydrogen-bond acceptors (Lipinski definition) is 3. The average Bonchev–Trinajstić information content (AvgIpc) is 2.15. The molecule has 1 rings (SSSR count). The maximum Gasteiger partial charge on any atom is 0.166 e. The lowest BCUT2D eigenvalue weighted by molar-refractivity contribution is 0.263. The molecule has 3 N–H and O–H groups in total. The highest BCUT2D eigenvalue weighted by molar-refractivity contribution is 9.10. The minimum atomic E-state index is -0.642. The normalized spacial score (nSPS) is 12.6.